The third-order valence-corrected chi connectivity index (χ3v) is 1.90. The summed E-state index contributed by atoms with van der Waals surface area (Å²) in [5, 5.41) is 0. The third-order valence-electron chi connectivity index (χ3n) is 1.90. The molecule has 0 aliphatic heterocycles. The summed E-state index contributed by atoms with van der Waals surface area (Å²) in [4.78, 5) is 0. The van der Waals surface area contributed by atoms with Crippen LogP contribution in [0.1, 0.15) is 0 Å². The Morgan fingerprint density at radius 2 is 1.60 bits per heavy atom. The van der Waals surface area contributed by atoms with E-state index in [1.807, 2.05) is 6.07 Å². The van der Waals surface area contributed by atoms with E-state index in [1.54, 1.807) is 29.1 Å². The van der Waals surface area contributed by atoms with E-state index in [9.17, 15) is 8.78 Å². The zero-order valence-corrected chi connectivity index (χ0v) is 9.41. The van der Waals surface area contributed by atoms with Gasteiger partial charge in [0.05, 0.1) is 0 Å². The molecule has 1 heterocycles. The van der Waals surface area contributed by atoms with Gasteiger partial charge in [0.1, 0.15) is 5.82 Å². The van der Waals surface area contributed by atoms with E-state index in [-0.39, 0.29) is 19.5 Å². The molecule has 0 unspecified atom stereocenters. The molecule has 0 saturated carbocycles. The maximum absolute atomic E-state index is 13.3. The quantitative estimate of drug-likeness (QED) is 0.561. The molecule has 1 aromatic heterocycles. The van der Waals surface area contributed by atoms with Gasteiger partial charge in [-0.15, -0.1) is 0 Å². The van der Waals surface area contributed by atoms with Crippen LogP contribution in [0, 0.1) is 11.6 Å². The average Bonchev–Trinajstić information content (AvgIpc) is 2.19. The summed E-state index contributed by atoms with van der Waals surface area (Å²) in [6, 6.07) is 8.90. The van der Waals surface area contributed by atoms with Gasteiger partial charge in [-0.3, -0.25) is 0 Å². The van der Waals surface area contributed by atoms with Crippen LogP contribution in [0.5, 0.6) is 0 Å². The first kappa shape index (κ1) is 11.9. The molecule has 0 saturated heterocycles. The van der Waals surface area contributed by atoms with E-state index in [0.29, 0.717) is 5.69 Å². The van der Waals surface area contributed by atoms with Crippen molar-refractivity contribution in [3.8, 4) is 5.69 Å². The van der Waals surface area contributed by atoms with E-state index in [4.69, 9.17) is 0 Å². The Kier molecular flexibility index (Phi) is 4.04. The second-order valence-electron chi connectivity index (χ2n) is 2.88. The van der Waals surface area contributed by atoms with Gasteiger partial charge < -0.3 is 0 Å². The van der Waals surface area contributed by atoms with Crippen LogP contribution in [-0.2, 0) is 19.5 Å². The second-order valence-corrected chi connectivity index (χ2v) is 2.88. The smallest absolute Gasteiger partial charge is 0.207 e. The molecule has 2 rings (SSSR count). The summed E-state index contributed by atoms with van der Waals surface area (Å²) in [6.45, 7) is 0. The van der Waals surface area contributed by atoms with E-state index >= 15 is 0 Å². The maximum atomic E-state index is 13.3. The Morgan fingerprint density at radius 3 is 2.20 bits per heavy atom. The van der Waals surface area contributed by atoms with Gasteiger partial charge in [-0.25, -0.2) is 4.39 Å². The van der Waals surface area contributed by atoms with Crippen molar-refractivity contribution in [3.63, 3.8) is 0 Å². The van der Waals surface area contributed by atoms with Crippen molar-refractivity contribution in [2.75, 3.05) is 0 Å². The molecule has 75 valence electrons. The zero-order chi connectivity index (χ0) is 9.97. The molecule has 0 N–H and O–H groups in total. The van der Waals surface area contributed by atoms with Gasteiger partial charge >= 0.3 is 19.5 Å². The molecule has 0 aliphatic rings. The zero-order valence-electron chi connectivity index (χ0n) is 7.68. The fourth-order valence-corrected chi connectivity index (χ4v) is 1.25. The Balaban J connectivity index is 0.00000112. The van der Waals surface area contributed by atoms with Crippen molar-refractivity contribution in [1.29, 1.82) is 0 Å². The summed E-state index contributed by atoms with van der Waals surface area (Å²) in [5.41, 5.74) is 0.340. The molecular weight excluding hydrogens is 285 g/mol. The largest absolute Gasteiger partial charge is 3.00 e. The molecule has 0 atom stereocenters. The normalized spacial score (nSPS) is 9.47. The van der Waals surface area contributed by atoms with Crippen molar-refractivity contribution in [1.82, 2.24) is 0 Å². The Morgan fingerprint density at radius 1 is 0.933 bits per heavy atom. The molecular formula is C11H8F2NRu+4. The number of pyridine rings is 1. The number of benzene rings is 1. The van der Waals surface area contributed by atoms with Gasteiger partial charge in [-0.1, -0.05) is 6.07 Å². The van der Waals surface area contributed by atoms with E-state index < -0.39 is 11.6 Å². The minimum atomic E-state index is -0.568. The minimum absolute atomic E-state index is 0. The maximum Gasteiger partial charge on any atom is 3.00 e. The van der Waals surface area contributed by atoms with Crippen LogP contribution in [0.15, 0.2) is 48.8 Å². The molecule has 0 amide bonds. The van der Waals surface area contributed by atoms with Crippen molar-refractivity contribution < 1.29 is 32.8 Å². The monoisotopic (exact) mass is 294 g/mol. The third kappa shape index (κ3) is 2.66. The van der Waals surface area contributed by atoms with Gasteiger partial charge in [0, 0.05) is 24.3 Å². The molecule has 0 spiro atoms. The first-order valence-corrected chi connectivity index (χ1v) is 4.19. The molecule has 0 aliphatic carbocycles. The summed E-state index contributed by atoms with van der Waals surface area (Å²) in [6.07, 6.45) is 3.41. The van der Waals surface area contributed by atoms with Gasteiger partial charge in [0.25, 0.3) is 0 Å². The second kappa shape index (κ2) is 5.08. The SMILES string of the molecule is Fc1ccc(-[n+]2ccccc2)c(F)c1.[Ru+3]. The van der Waals surface area contributed by atoms with Gasteiger partial charge in [-0.2, -0.15) is 8.96 Å². The topological polar surface area (TPSA) is 3.88 Å². The Hall–Kier alpha value is -1.15. The number of rotatable bonds is 1. The van der Waals surface area contributed by atoms with Gasteiger partial charge in [0.15, 0.2) is 18.2 Å². The molecule has 2 aromatic rings. The summed E-state index contributed by atoms with van der Waals surface area (Å²) in [7, 11) is 0. The van der Waals surface area contributed by atoms with E-state index in [2.05, 4.69) is 0 Å². The predicted molar refractivity (Wildman–Crippen MR) is 47.9 cm³/mol. The molecule has 1 nitrogen and oxygen atoms in total. The van der Waals surface area contributed by atoms with Crippen molar-refractivity contribution in [2.24, 2.45) is 0 Å². The van der Waals surface area contributed by atoms with E-state index in [0.717, 1.165) is 6.07 Å². The van der Waals surface area contributed by atoms with Crippen LogP contribution in [0.3, 0.4) is 0 Å². The molecule has 1 aromatic carbocycles. The number of hydrogen-bond acceptors (Lipinski definition) is 0. The summed E-state index contributed by atoms with van der Waals surface area (Å²) in [5.74, 6) is -1.14. The standard InChI is InChI=1S/C11H8F2N.Ru/c12-9-4-5-11(10(13)8-9)14-6-2-1-3-7-14;/h1-8H;/q+1;+3. The summed E-state index contributed by atoms with van der Waals surface area (Å²) >= 11 is 0. The first-order valence-electron chi connectivity index (χ1n) is 4.19. The molecule has 15 heavy (non-hydrogen) atoms. The number of hydrogen-bond donors (Lipinski definition) is 0. The van der Waals surface area contributed by atoms with Crippen LogP contribution in [-0.4, -0.2) is 0 Å². The fraction of sp³-hybridized carbons (Fsp3) is 0. The van der Waals surface area contributed by atoms with Crippen molar-refractivity contribution >= 4 is 0 Å². The number of nitrogens with zero attached hydrogens (tertiary/aromatic N) is 1. The van der Waals surface area contributed by atoms with Gasteiger partial charge in [0.2, 0.25) is 5.69 Å². The van der Waals surface area contributed by atoms with Gasteiger partial charge in [-0.05, 0) is 6.07 Å². The fourth-order valence-electron chi connectivity index (χ4n) is 1.25. The van der Waals surface area contributed by atoms with Crippen LogP contribution in [0.4, 0.5) is 8.78 Å². The van der Waals surface area contributed by atoms with Crippen LogP contribution in [0.25, 0.3) is 5.69 Å². The van der Waals surface area contributed by atoms with Crippen molar-refractivity contribution in [3.05, 3.63) is 60.4 Å². The Bertz CT molecular complexity index is 446. The number of aromatic nitrogens is 1. The minimum Gasteiger partial charge on any atom is -0.207 e. The average molecular weight is 293 g/mol. The van der Waals surface area contributed by atoms with Crippen molar-refractivity contribution in [2.45, 2.75) is 0 Å². The van der Waals surface area contributed by atoms with Crippen LogP contribution in [0.2, 0.25) is 0 Å². The first-order chi connectivity index (χ1) is 6.77. The number of halogens is 2. The Labute approximate surface area is 99.1 Å². The van der Waals surface area contributed by atoms with Crippen LogP contribution >= 0.6 is 0 Å². The molecule has 4 heteroatoms. The predicted octanol–water partition coefficient (Wildman–Crippen LogP) is 2.24. The van der Waals surface area contributed by atoms with Crippen LogP contribution < -0.4 is 4.57 Å². The molecule has 0 bridgehead atoms. The molecule has 0 fully saturated rings. The summed E-state index contributed by atoms with van der Waals surface area (Å²) < 4.78 is 27.5. The molecule has 1 radical (unpaired) electrons. The van der Waals surface area contributed by atoms with E-state index in [1.165, 1.54) is 12.1 Å².